The van der Waals surface area contributed by atoms with Crippen LogP contribution >= 0.6 is 0 Å². The standard InChI is InChI=1S/C13H19N5O2/c1-18-8-10(6-17-18)4-5-14-7-11-12(19-2)15-9-16-13(11)20-3/h6,8-9,14H,4-5,7H2,1-3H3. The molecule has 1 N–H and O–H groups in total. The molecule has 2 rings (SSSR count). The van der Waals surface area contributed by atoms with Crippen LogP contribution in [0.2, 0.25) is 0 Å². The summed E-state index contributed by atoms with van der Waals surface area (Å²) in [5.74, 6) is 1.07. The van der Waals surface area contributed by atoms with E-state index in [1.165, 1.54) is 11.9 Å². The van der Waals surface area contributed by atoms with Gasteiger partial charge in [-0.3, -0.25) is 4.68 Å². The second-order valence-electron chi connectivity index (χ2n) is 4.32. The Kier molecular flexibility index (Phi) is 4.89. The topological polar surface area (TPSA) is 74.1 Å². The van der Waals surface area contributed by atoms with Gasteiger partial charge in [-0.2, -0.15) is 5.10 Å². The van der Waals surface area contributed by atoms with Gasteiger partial charge in [-0.1, -0.05) is 0 Å². The molecule has 0 amide bonds. The highest BCUT2D eigenvalue weighted by Crippen LogP contribution is 2.22. The van der Waals surface area contributed by atoms with Gasteiger partial charge >= 0.3 is 0 Å². The summed E-state index contributed by atoms with van der Waals surface area (Å²) in [5.41, 5.74) is 2.02. The lowest BCUT2D eigenvalue weighted by atomic mass is 10.2. The molecule has 0 radical (unpaired) electrons. The van der Waals surface area contributed by atoms with Crippen LogP contribution in [0.5, 0.6) is 11.8 Å². The highest BCUT2D eigenvalue weighted by Gasteiger charge is 2.12. The molecule has 7 heteroatoms. The third kappa shape index (κ3) is 3.45. The van der Waals surface area contributed by atoms with Gasteiger partial charge in [0.15, 0.2) is 0 Å². The minimum Gasteiger partial charge on any atom is -0.481 e. The summed E-state index contributed by atoms with van der Waals surface area (Å²) in [4.78, 5) is 8.16. The van der Waals surface area contributed by atoms with Crippen LogP contribution in [0.4, 0.5) is 0 Å². The number of aryl methyl sites for hydroxylation is 1. The zero-order valence-corrected chi connectivity index (χ0v) is 12.0. The molecule has 0 bridgehead atoms. The van der Waals surface area contributed by atoms with Crippen molar-refractivity contribution in [3.05, 3.63) is 29.8 Å². The number of hydrogen-bond acceptors (Lipinski definition) is 6. The summed E-state index contributed by atoms with van der Waals surface area (Å²) in [7, 11) is 5.08. The molecule has 0 aliphatic rings. The number of methoxy groups -OCH3 is 2. The first-order valence-corrected chi connectivity index (χ1v) is 6.34. The Morgan fingerprint density at radius 2 is 1.90 bits per heavy atom. The van der Waals surface area contributed by atoms with Crippen LogP contribution < -0.4 is 14.8 Å². The van der Waals surface area contributed by atoms with Gasteiger partial charge in [-0.05, 0) is 18.5 Å². The smallest absolute Gasteiger partial charge is 0.224 e. The quantitative estimate of drug-likeness (QED) is 0.745. The average molecular weight is 277 g/mol. The molecule has 108 valence electrons. The lowest BCUT2D eigenvalue weighted by molar-refractivity contribution is 0.359. The molecule has 2 aromatic heterocycles. The van der Waals surface area contributed by atoms with E-state index in [0.29, 0.717) is 18.3 Å². The summed E-state index contributed by atoms with van der Waals surface area (Å²) >= 11 is 0. The van der Waals surface area contributed by atoms with Crippen molar-refractivity contribution in [1.82, 2.24) is 25.1 Å². The van der Waals surface area contributed by atoms with E-state index in [9.17, 15) is 0 Å². The molecule has 20 heavy (non-hydrogen) atoms. The van der Waals surface area contributed by atoms with E-state index in [0.717, 1.165) is 18.5 Å². The number of nitrogens with zero attached hydrogens (tertiary/aromatic N) is 4. The molecule has 0 saturated heterocycles. The van der Waals surface area contributed by atoms with Crippen molar-refractivity contribution in [2.45, 2.75) is 13.0 Å². The monoisotopic (exact) mass is 277 g/mol. The van der Waals surface area contributed by atoms with E-state index in [1.54, 1.807) is 18.9 Å². The van der Waals surface area contributed by atoms with E-state index in [2.05, 4.69) is 20.4 Å². The molecule has 2 aromatic rings. The fourth-order valence-electron chi connectivity index (χ4n) is 1.93. The van der Waals surface area contributed by atoms with Crippen molar-refractivity contribution in [1.29, 1.82) is 0 Å². The van der Waals surface area contributed by atoms with Crippen LogP contribution in [0.15, 0.2) is 18.7 Å². The summed E-state index contributed by atoms with van der Waals surface area (Å²) in [5, 5.41) is 7.47. The van der Waals surface area contributed by atoms with Crippen LogP contribution in [0.1, 0.15) is 11.1 Å². The SMILES string of the molecule is COc1ncnc(OC)c1CNCCc1cnn(C)c1. The predicted molar refractivity (Wildman–Crippen MR) is 73.8 cm³/mol. The molecule has 0 spiro atoms. The molecule has 0 fully saturated rings. The molecule has 0 aliphatic carbocycles. The fraction of sp³-hybridized carbons (Fsp3) is 0.462. The Labute approximate surface area is 118 Å². The lowest BCUT2D eigenvalue weighted by Gasteiger charge is -2.11. The van der Waals surface area contributed by atoms with Crippen LogP contribution in [-0.2, 0) is 20.0 Å². The average Bonchev–Trinajstić information content (AvgIpc) is 2.89. The maximum atomic E-state index is 5.22. The minimum absolute atomic E-state index is 0.533. The fourth-order valence-corrected chi connectivity index (χ4v) is 1.93. The van der Waals surface area contributed by atoms with Crippen LogP contribution in [0, 0.1) is 0 Å². The normalized spacial score (nSPS) is 10.6. The van der Waals surface area contributed by atoms with Gasteiger partial charge in [0.1, 0.15) is 6.33 Å². The van der Waals surface area contributed by atoms with Crippen LogP contribution in [0.3, 0.4) is 0 Å². The predicted octanol–water partition coefficient (Wildman–Crippen LogP) is 0.560. The Morgan fingerprint density at radius 3 is 2.45 bits per heavy atom. The van der Waals surface area contributed by atoms with E-state index in [4.69, 9.17) is 9.47 Å². The van der Waals surface area contributed by atoms with Crippen molar-refractivity contribution in [2.75, 3.05) is 20.8 Å². The number of ether oxygens (including phenoxy) is 2. The third-order valence-electron chi connectivity index (χ3n) is 2.90. The first-order valence-electron chi connectivity index (χ1n) is 6.34. The molecular formula is C13H19N5O2. The van der Waals surface area contributed by atoms with Gasteiger partial charge in [-0.15, -0.1) is 0 Å². The number of nitrogens with one attached hydrogen (secondary N) is 1. The first kappa shape index (κ1) is 14.3. The van der Waals surface area contributed by atoms with E-state index in [-0.39, 0.29) is 0 Å². The largest absolute Gasteiger partial charge is 0.481 e. The molecule has 0 unspecified atom stereocenters. The van der Waals surface area contributed by atoms with E-state index >= 15 is 0 Å². The van der Waals surface area contributed by atoms with Crippen molar-refractivity contribution in [2.24, 2.45) is 7.05 Å². The Bertz CT molecular complexity index is 533. The molecule has 0 aromatic carbocycles. The van der Waals surface area contributed by atoms with Crippen molar-refractivity contribution >= 4 is 0 Å². The van der Waals surface area contributed by atoms with Gasteiger partial charge < -0.3 is 14.8 Å². The van der Waals surface area contributed by atoms with Crippen molar-refractivity contribution < 1.29 is 9.47 Å². The van der Waals surface area contributed by atoms with Gasteiger partial charge in [-0.25, -0.2) is 9.97 Å². The maximum Gasteiger partial charge on any atom is 0.224 e. The lowest BCUT2D eigenvalue weighted by Crippen LogP contribution is -2.18. The maximum absolute atomic E-state index is 5.22. The number of aromatic nitrogens is 4. The molecule has 0 atom stereocenters. The first-order chi connectivity index (χ1) is 9.74. The molecule has 0 aliphatic heterocycles. The van der Waals surface area contributed by atoms with Crippen molar-refractivity contribution in [3.63, 3.8) is 0 Å². The third-order valence-corrected chi connectivity index (χ3v) is 2.90. The van der Waals surface area contributed by atoms with Crippen LogP contribution in [-0.4, -0.2) is 40.5 Å². The molecule has 2 heterocycles. The van der Waals surface area contributed by atoms with Crippen LogP contribution in [0.25, 0.3) is 0 Å². The van der Waals surface area contributed by atoms with Gasteiger partial charge in [0, 0.05) is 19.8 Å². The zero-order valence-electron chi connectivity index (χ0n) is 12.0. The number of hydrogen-bond donors (Lipinski definition) is 1. The number of rotatable bonds is 7. The van der Waals surface area contributed by atoms with E-state index < -0.39 is 0 Å². The van der Waals surface area contributed by atoms with Gasteiger partial charge in [0.05, 0.1) is 26.0 Å². The second kappa shape index (κ2) is 6.85. The minimum atomic E-state index is 0.533. The highest BCUT2D eigenvalue weighted by atomic mass is 16.5. The Hall–Kier alpha value is -2.15. The van der Waals surface area contributed by atoms with Gasteiger partial charge in [0.2, 0.25) is 11.8 Å². The molecule has 0 saturated carbocycles. The second-order valence-corrected chi connectivity index (χ2v) is 4.32. The molecular weight excluding hydrogens is 258 g/mol. The summed E-state index contributed by atoms with van der Waals surface area (Å²) in [6, 6.07) is 0. The highest BCUT2D eigenvalue weighted by molar-refractivity contribution is 5.34. The summed E-state index contributed by atoms with van der Waals surface area (Å²) in [6.07, 6.45) is 6.21. The van der Waals surface area contributed by atoms with Crippen molar-refractivity contribution in [3.8, 4) is 11.8 Å². The van der Waals surface area contributed by atoms with Gasteiger partial charge in [0.25, 0.3) is 0 Å². The zero-order chi connectivity index (χ0) is 14.4. The summed E-state index contributed by atoms with van der Waals surface area (Å²) in [6.45, 7) is 1.42. The Morgan fingerprint density at radius 1 is 1.20 bits per heavy atom. The molecule has 7 nitrogen and oxygen atoms in total. The Balaban J connectivity index is 1.90. The summed E-state index contributed by atoms with van der Waals surface area (Å²) < 4.78 is 12.2. The van der Waals surface area contributed by atoms with E-state index in [1.807, 2.05) is 19.4 Å².